The van der Waals surface area contributed by atoms with E-state index in [0.29, 0.717) is 83.6 Å². The van der Waals surface area contributed by atoms with Crippen LogP contribution in [0.1, 0.15) is 115 Å². The monoisotopic (exact) mass is 862 g/mol. The second-order valence-electron chi connectivity index (χ2n) is 18.7. The number of aromatic amines is 2. The molecule has 4 aromatic rings. The molecule has 4 atom stereocenters. The molecule has 4 fully saturated rings. The number of halogens is 4. The van der Waals surface area contributed by atoms with Crippen molar-refractivity contribution in [3.8, 4) is 11.8 Å². The fourth-order valence-electron chi connectivity index (χ4n) is 8.79. The van der Waals surface area contributed by atoms with Gasteiger partial charge in [0.2, 0.25) is 11.8 Å². The van der Waals surface area contributed by atoms with Crippen molar-refractivity contribution >= 4 is 46.1 Å². The van der Waals surface area contributed by atoms with E-state index in [1.54, 1.807) is 53.7 Å². The largest absolute Gasteiger partial charge is 0.444 e. The van der Waals surface area contributed by atoms with Crippen molar-refractivity contribution in [1.82, 2.24) is 39.5 Å². The molecule has 4 aliphatic rings. The van der Waals surface area contributed by atoms with E-state index in [0.717, 1.165) is 9.80 Å². The molecule has 0 unspecified atom stereocenters. The van der Waals surface area contributed by atoms with Crippen LogP contribution in [0.3, 0.4) is 0 Å². The van der Waals surface area contributed by atoms with Crippen LogP contribution in [-0.2, 0) is 19.1 Å². The van der Waals surface area contributed by atoms with Crippen LogP contribution >= 0.6 is 0 Å². The maximum atomic E-state index is 14.6. The number of imidazole rings is 2. The zero-order chi connectivity index (χ0) is 44.5. The van der Waals surface area contributed by atoms with Crippen molar-refractivity contribution < 1.29 is 46.2 Å². The number of H-pyrrole nitrogens is 2. The van der Waals surface area contributed by atoms with Crippen molar-refractivity contribution in [2.75, 3.05) is 26.2 Å². The van der Waals surface area contributed by atoms with E-state index in [4.69, 9.17) is 19.4 Å². The molecule has 2 aromatic heterocycles. The number of ether oxygens (including phenoxy) is 2. The normalized spacial score (nSPS) is 23.6. The van der Waals surface area contributed by atoms with Gasteiger partial charge >= 0.3 is 12.2 Å². The van der Waals surface area contributed by atoms with Crippen molar-refractivity contribution in [2.45, 2.75) is 127 Å². The summed E-state index contributed by atoms with van der Waals surface area (Å²) >= 11 is 0. The fourth-order valence-corrected chi connectivity index (χ4v) is 8.79. The first-order valence-electron chi connectivity index (χ1n) is 20.9. The highest BCUT2D eigenvalue weighted by Gasteiger charge is 2.54. The number of amides is 4. The molecule has 2 aromatic carbocycles. The number of hydrogen-bond donors (Lipinski definition) is 2. The van der Waals surface area contributed by atoms with Gasteiger partial charge in [0.25, 0.3) is 11.8 Å². The summed E-state index contributed by atoms with van der Waals surface area (Å²) < 4.78 is 69.3. The van der Waals surface area contributed by atoms with Crippen LogP contribution in [0.5, 0.6) is 0 Å². The number of rotatable bonds is 4. The topological polar surface area (TPSA) is 157 Å². The van der Waals surface area contributed by atoms with Gasteiger partial charge in [0, 0.05) is 37.1 Å². The van der Waals surface area contributed by atoms with Gasteiger partial charge in [0.05, 0.1) is 47.2 Å². The maximum absolute atomic E-state index is 14.6. The van der Waals surface area contributed by atoms with Gasteiger partial charge in [-0.2, -0.15) is 0 Å². The van der Waals surface area contributed by atoms with Crippen LogP contribution in [0, 0.1) is 11.8 Å². The average molecular weight is 863 g/mol. The van der Waals surface area contributed by atoms with Gasteiger partial charge in [-0.25, -0.2) is 37.1 Å². The molecule has 8 rings (SSSR count). The quantitative estimate of drug-likeness (QED) is 0.158. The van der Waals surface area contributed by atoms with Crippen LogP contribution in [0.25, 0.3) is 22.1 Å². The second kappa shape index (κ2) is 15.5. The number of benzene rings is 2. The fraction of sp³-hybridized carbons (Fsp3) is 0.545. The van der Waals surface area contributed by atoms with E-state index in [-0.39, 0.29) is 0 Å². The molecular formula is C44H50F4N8O6. The minimum Gasteiger partial charge on any atom is -0.444 e. The summed E-state index contributed by atoms with van der Waals surface area (Å²) in [6.45, 7) is 8.69. The minimum absolute atomic E-state index is 0.331. The molecule has 330 valence electrons. The molecule has 0 radical (unpaired) electrons. The molecule has 0 bridgehead atoms. The number of carbonyl (C=O) groups excluding carboxylic acids is 4. The number of hydrogen-bond acceptors (Lipinski definition) is 8. The lowest BCUT2D eigenvalue weighted by atomic mass is 10.1. The summed E-state index contributed by atoms with van der Waals surface area (Å²) in [7, 11) is 0. The molecule has 4 aliphatic heterocycles. The lowest BCUT2D eigenvalue weighted by Crippen LogP contribution is -2.49. The third-order valence-electron chi connectivity index (χ3n) is 11.4. The summed E-state index contributed by atoms with van der Waals surface area (Å²) in [6, 6.07) is 7.20. The number of carbonyl (C=O) groups is 4. The van der Waals surface area contributed by atoms with Crippen molar-refractivity contribution in [3.63, 3.8) is 0 Å². The van der Waals surface area contributed by atoms with Gasteiger partial charge in [0.1, 0.15) is 34.9 Å². The Balaban J connectivity index is 0.963. The summed E-state index contributed by atoms with van der Waals surface area (Å²) in [4.78, 5) is 74.3. The Labute approximate surface area is 355 Å². The van der Waals surface area contributed by atoms with E-state index in [2.05, 4.69) is 21.8 Å². The molecule has 62 heavy (non-hydrogen) atoms. The smallest absolute Gasteiger partial charge is 0.411 e. The Bertz CT molecular complexity index is 2330. The number of nitrogens with one attached hydrogen (secondary N) is 2. The van der Waals surface area contributed by atoms with E-state index in [1.165, 1.54) is 9.80 Å². The van der Waals surface area contributed by atoms with Gasteiger partial charge in [0.15, 0.2) is 0 Å². The number of likely N-dealkylation sites (tertiary alicyclic amines) is 4. The lowest BCUT2D eigenvalue weighted by Gasteiger charge is -2.31. The zero-order valence-corrected chi connectivity index (χ0v) is 35.5. The summed E-state index contributed by atoms with van der Waals surface area (Å²) in [6.07, 6.45) is -1.07. The van der Waals surface area contributed by atoms with Gasteiger partial charge in [-0.3, -0.25) is 19.4 Å². The van der Waals surface area contributed by atoms with E-state index in [9.17, 15) is 36.7 Å². The molecule has 14 nitrogen and oxygen atoms in total. The van der Waals surface area contributed by atoms with E-state index < -0.39 is 97.1 Å². The summed E-state index contributed by atoms with van der Waals surface area (Å²) in [5.74, 6) is -0.229. The lowest BCUT2D eigenvalue weighted by molar-refractivity contribution is -0.137. The first kappa shape index (κ1) is 42.8. The van der Waals surface area contributed by atoms with Gasteiger partial charge in [-0.05, 0) is 104 Å². The van der Waals surface area contributed by atoms with Gasteiger partial charge in [-0.1, -0.05) is 11.8 Å². The van der Waals surface area contributed by atoms with E-state index >= 15 is 0 Å². The molecular weight excluding hydrogens is 813 g/mol. The first-order valence-corrected chi connectivity index (χ1v) is 20.9. The molecule has 0 aliphatic carbocycles. The Hall–Kier alpha value is -5.86. The van der Waals surface area contributed by atoms with E-state index in [1.807, 2.05) is 24.3 Å². The highest BCUT2D eigenvalue weighted by atomic mass is 19.3. The molecule has 6 heterocycles. The number of alkyl halides is 4. The Morgan fingerprint density at radius 1 is 0.645 bits per heavy atom. The molecule has 2 N–H and O–H groups in total. The minimum atomic E-state index is -3.23. The highest BCUT2D eigenvalue weighted by molar-refractivity contribution is 5.88. The first-order chi connectivity index (χ1) is 29.0. The molecule has 4 amide bonds. The second-order valence-corrected chi connectivity index (χ2v) is 18.7. The van der Waals surface area contributed by atoms with Crippen molar-refractivity contribution in [1.29, 1.82) is 0 Å². The Morgan fingerprint density at radius 2 is 1.03 bits per heavy atom. The highest BCUT2D eigenvalue weighted by Crippen LogP contribution is 2.40. The Kier molecular flexibility index (Phi) is 10.7. The molecule has 4 saturated heterocycles. The molecule has 0 saturated carbocycles. The van der Waals surface area contributed by atoms with Crippen LogP contribution in [0.15, 0.2) is 36.4 Å². The summed E-state index contributed by atoms with van der Waals surface area (Å²) in [5, 5.41) is 0. The number of nitrogens with zero attached hydrogens (tertiary/aromatic N) is 6. The van der Waals surface area contributed by atoms with Crippen LogP contribution in [0.2, 0.25) is 0 Å². The predicted molar refractivity (Wildman–Crippen MR) is 218 cm³/mol. The van der Waals surface area contributed by atoms with Crippen LogP contribution in [0.4, 0.5) is 27.2 Å². The number of aromatic nitrogens is 4. The van der Waals surface area contributed by atoms with Crippen LogP contribution in [-0.4, -0.2) is 125 Å². The molecule has 0 spiro atoms. The van der Waals surface area contributed by atoms with Crippen LogP contribution < -0.4 is 0 Å². The van der Waals surface area contributed by atoms with Gasteiger partial charge in [-0.15, -0.1) is 0 Å². The average Bonchev–Trinajstić information content (AvgIpc) is 4.02. The Morgan fingerprint density at radius 3 is 1.40 bits per heavy atom. The maximum Gasteiger partial charge on any atom is 0.411 e. The third kappa shape index (κ3) is 8.89. The van der Waals surface area contributed by atoms with Crippen molar-refractivity contribution in [3.05, 3.63) is 59.2 Å². The third-order valence-corrected chi connectivity index (χ3v) is 11.4. The zero-order valence-electron chi connectivity index (χ0n) is 35.5. The SMILES string of the molecule is CC(C)(C)OC(=O)N1CC(F)(F)C[C@H]1C(=O)N1CCC[C@H]1c1nc2ccc(C#Cc3ccc4nc([C@@H]5CCCN5C(=O)[C@@H]5CC(F)(F)CN5C(=O)OC(C)(C)C)[nH]c4c3)cc2[nH]1. The van der Waals surface area contributed by atoms with Gasteiger partial charge < -0.3 is 29.2 Å². The molecule has 18 heteroatoms. The summed E-state index contributed by atoms with van der Waals surface area (Å²) in [5.41, 5.74) is 2.14. The standard InChI is InChI=1S/C44H50F4N8O6/c1-41(2,3)61-39(59)55-23-43(45,46)21-33(55)37(57)53-17-7-9-31(53)35-49-27-15-13-25(19-29(27)51-35)11-12-26-14-16-28-30(20-26)52-36(50-28)32-10-8-18-54(32)38(58)34-22-44(47,48)24-56(34)40(60)62-42(4,5)6/h13-16,19-20,31-34H,7-10,17-18,21-24H2,1-6H3,(H,49,51)(H,50,52)/t31-,32-,33-,34-/m0/s1. The number of fused-ring (bicyclic) bond motifs is 2. The predicted octanol–water partition coefficient (Wildman–Crippen LogP) is 7.46. The van der Waals surface area contributed by atoms with Crippen molar-refractivity contribution in [2.24, 2.45) is 0 Å².